The van der Waals surface area contributed by atoms with Crippen molar-refractivity contribution < 1.29 is 18.7 Å². The van der Waals surface area contributed by atoms with Crippen LogP contribution in [0.25, 0.3) is 0 Å². The van der Waals surface area contributed by atoms with E-state index in [1.807, 2.05) is 6.92 Å². The summed E-state index contributed by atoms with van der Waals surface area (Å²) in [6, 6.07) is 11.1. The molecule has 0 saturated carbocycles. The lowest BCUT2D eigenvalue weighted by molar-refractivity contribution is 0.0921. The van der Waals surface area contributed by atoms with Gasteiger partial charge < -0.3 is 9.47 Å². The first-order valence-electron chi connectivity index (χ1n) is 6.75. The third-order valence-electron chi connectivity index (χ3n) is 2.98. The van der Waals surface area contributed by atoms with Crippen molar-refractivity contribution >= 4 is 5.78 Å². The fourth-order valence-corrected chi connectivity index (χ4v) is 1.91. The van der Waals surface area contributed by atoms with Crippen molar-refractivity contribution in [2.24, 2.45) is 0 Å². The van der Waals surface area contributed by atoms with Crippen LogP contribution in [-0.2, 0) is 0 Å². The fraction of sp³-hybridized carbons (Fsp3) is 0.235. The predicted octanol–water partition coefficient (Wildman–Crippen LogP) is 3.79. The predicted molar refractivity (Wildman–Crippen MR) is 78.6 cm³/mol. The highest BCUT2D eigenvalue weighted by atomic mass is 19.1. The van der Waals surface area contributed by atoms with Crippen molar-refractivity contribution in [2.75, 3.05) is 13.2 Å². The van der Waals surface area contributed by atoms with E-state index in [0.29, 0.717) is 23.5 Å². The van der Waals surface area contributed by atoms with Gasteiger partial charge in [0.15, 0.2) is 12.4 Å². The van der Waals surface area contributed by atoms with E-state index in [2.05, 4.69) is 0 Å². The van der Waals surface area contributed by atoms with Gasteiger partial charge in [0.1, 0.15) is 17.3 Å². The topological polar surface area (TPSA) is 35.5 Å². The van der Waals surface area contributed by atoms with Gasteiger partial charge >= 0.3 is 0 Å². The van der Waals surface area contributed by atoms with Crippen LogP contribution in [0.4, 0.5) is 4.39 Å². The molecule has 0 radical (unpaired) electrons. The number of Topliss-reactive ketones (excluding diaryl/α,β-unsaturated/α-hetero) is 1. The molecular formula is C17H17FO3. The van der Waals surface area contributed by atoms with Gasteiger partial charge in [0.05, 0.1) is 6.61 Å². The van der Waals surface area contributed by atoms with Gasteiger partial charge in [0, 0.05) is 5.56 Å². The average Bonchev–Trinajstić information content (AvgIpc) is 2.47. The quantitative estimate of drug-likeness (QED) is 0.759. The molecule has 0 N–H and O–H groups in total. The van der Waals surface area contributed by atoms with Crippen LogP contribution < -0.4 is 9.47 Å². The third kappa shape index (κ3) is 4.05. The van der Waals surface area contributed by atoms with Gasteiger partial charge in [-0.25, -0.2) is 4.39 Å². The molecule has 0 atom stereocenters. The van der Waals surface area contributed by atoms with Crippen LogP contribution in [0.1, 0.15) is 22.8 Å². The van der Waals surface area contributed by atoms with Crippen LogP contribution in [0, 0.1) is 12.7 Å². The first-order valence-corrected chi connectivity index (χ1v) is 6.75. The lowest BCUT2D eigenvalue weighted by atomic mass is 10.1. The molecule has 2 aromatic carbocycles. The van der Waals surface area contributed by atoms with E-state index >= 15 is 0 Å². The molecule has 0 aliphatic rings. The monoisotopic (exact) mass is 288 g/mol. The van der Waals surface area contributed by atoms with Crippen molar-refractivity contribution in [3.8, 4) is 11.5 Å². The minimum Gasteiger partial charge on any atom is -0.494 e. The lowest BCUT2D eigenvalue weighted by Gasteiger charge is -2.09. The van der Waals surface area contributed by atoms with Gasteiger partial charge in [-0.05, 0) is 61.9 Å². The number of ether oxygens (including phenoxy) is 2. The second kappa shape index (κ2) is 6.88. The molecule has 3 nitrogen and oxygen atoms in total. The minimum absolute atomic E-state index is 0.0829. The van der Waals surface area contributed by atoms with E-state index in [9.17, 15) is 9.18 Å². The number of ketones is 1. The largest absolute Gasteiger partial charge is 0.494 e. The second-order valence-electron chi connectivity index (χ2n) is 4.58. The first kappa shape index (κ1) is 15.0. The van der Waals surface area contributed by atoms with Gasteiger partial charge in [0.25, 0.3) is 0 Å². The standard InChI is InChI=1S/C17H17FO3/c1-3-20-15-7-4-13(5-8-15)16(19)11-21-17-9-6-14(18)10-12(17)2/h4-10H,3,11H2,1-2H3. The third-order valence-corrected chi connectivity index (χ3v) is 2.98. The molecular weight excluding hydrogens is 271 g/mol. The molecule has 0 saturated heterocycles. The zero-order valence-electron chi connectivity index (χ0n) is 12.1. The molecule has 110 valence electrons. The van der Waals surface area contributed by atoms with Crippen LogP contribution in [0.15, 0.2) is 42.5 Å². The van der Waals surface area contributed by atoms with Crippen LogP contribution in [0.5, 0.6) is 11.5 Å². The Kier molecular flexibility index (Phi) is 4.93. The number of rotatable bonds is 6. The minimum atomic E-state index is -0.322. The summed E-state index contributed by atoms with van der Waals surface area (Å²) < 4.78 is 23.7. The Bertz CT molecular complexity index is 620. The van der Waals surface area contributed by atoms with Crippen molar-refractivity contribution in [1.29, 1.82) is 0 Å². The molecule has 0 spiro atoms. The number of carbonyl (C=O) groups is 1. The van der Waals surface area contributed by atoms with E-state index in [4.69, 9.17) is 9.47 Å². The van der Waals surface area contributed by atoms with Gasteiger partial charge in [-0.15, -0.1) is 0 Å². The summed E-state index contributed by atoms with van der Waals surface area (Å²) in [5.74, 6) is 0.777. The zero-order valence-corrected chi connectivity index (χ0v) is 12.1. The summed E-state index contributed by atoms with van der Waals surface area (Å²) in [6.45, 7) is 4.14. The molecule has 0 bridgehead atoms. The number of aryl methyl sites for hydroxylation is 1. The summed E-state index contributed by atoms with van der Waals surface area (Å²) in [4.78, 5) is 12.0. The molecule has 0 aliphatic carbocycles. The van der Waals surface area contributed by atoms with E-state index in [-0.39, 0.29) is 18.2 Å². The molecule has 0 aliphatic heterocycles. The maximum Gasteiger partial charge on any atom is 0.200 e. The average molecular weight is 288 g/mol. The maximum absolute atomic E-state index is 13.0. The SMILES string of the molecule is CCOc1ccc(C(=O)COc2ccc(F)cc2C)cc1. The Morgan fingerprint density at radius 3 is 2.43 bits per heavy atom. The van der Waals surface area contributed by atoms with Crippen molar-refractivity contribution in [1.82, 2.24) is 0 Å². The molecule has 0 heterocycles. The van der Waals surface area contributed by atoms with Gasteiger partial charge in [-0.2, -0.15) is 0 Å². The molecule has 0 unspecified atom stereocenters. The normalized spacial score (nSPS) is 10.2. The van der Waals surface area contributed by atoms with Crippen LogP contribution in [0.3, 0.4) is 0 Å². The van der Waals surface area contributed by atoms with E-state index < -0.39 is 0 Å². The summed E-state index contributed by atoms with van der Waals surface area (Å²) in [6.07, 6.45) is 0. The molecule has 0 amide bonds. The Hall–Kier alpha value is -2.36. The highest BCUT2D eigenvalue weighted by molar-refractivity contribution is 5.97. The van der Waals surface area contributed by atoms with Gasteiger partial charge in [-0.3, -0.25) is 4.79 Å². The van der Waals surface area contributed by atoms with Crippen LogP contribution >= 0.6 is 0 Å². The van der Waals surface area contributed by atoms with Gasteiger partial charge in [0.2, 0.25) is 0 Å². The van der Waals surface area contributed by atoms with E-state index in [1.54, 1.807) is 31.2 Å². The fourth-order valence-electron chi connectivity index (χ4n) is 1.91. The Morgan fingerprint density at radius 2 is 1.81 bits per heavy atom. The molecule has 2 aromatic rings. The highest BCUT2D eigenvalue weighted by Crippen LogP contribution is 2.19. The number of hydrogen-bond donors (Lipinski definition) is 0. The Labute approximate surface area is 123 Å². The Morgan fingerprint density at radius 1 is 1.10 bits per heavy atom. The Balaban J connectivity index is 1.98. The summed E-state index contributed by atoms with van der Waals surface area (Å²) >= 11 is 0. The highest BCUT2D eigenvalue weighted by Gasteiger charge is 2.08. The smallest absolute Gasteiger partial charge is 0.200 e. The maximum atomic E-state index is 13.0. The van der Waals surface area contributed by atoms with Crippen molar-refractivity contribution in [2.45, 2.75) is 13.8 Å². The number of halogens is 1. The summed E-state index contributed by atoms with van der Waals surface area (Å²) in [5.41, 5.74) is 1.22. The van der Waals surface area contributed by atoms with Crippen LogP contribution in [-0.4, -0.2) is 19.0 Å². The van der Waals surface area contributed by atoms with Gasteiger partial charge in [-0.1, -0.05) is 0 Å². The lowest BCUT2D eigenvalue weighted by Crippen LogP contribution is -2.12. The van der Waals surface area contributed by atoms with Crippen molar-refractivity contribution in [3.05, 3.63) is 59.4 Å². The second-order valence-corrected chi connectivity index (χ2v) is 4.58. The number of benzene rings is 2. The molecule has 2 rings (SSSR count). The van der Waals surface area contributed by atoms with Crippen molar-refractivity contribution in [3.63, 3.8) is 0 Å². The molecule has 0 fully saturated rings. The van der Waals surface area contributed by atoms with E-state index in [0.717, 1.165) is 5.75 Å². The van der Waals surface area contributed by atoms with E-state index in [1.165, 1.54) is 18.2 Å². The first-order chi connectivity index (χ1) is 10.1. The van der Waals surface area contributed by atoms with Crippen LogP contribution in [0.2, 0.25) is 0 Å². The molecule has 0 aromatic heterocycles. The summed E-state index contributed by atoms with van der Waals surface area (Å²) in [5, 5.41) is 0. The summed E-state index contributed by atoms with van der Waals surface area (Å²) in [7, 11) is 0. The zero-order chi connectivity index (χ0) is 15.2. The number of carbonyl (C=O) groups excluding carboxylic acids is 1. The molecule has 4 heteroatoms. The molecule has 21 heavy (non-hydrogen) atoms. The number of hydrogen-bond acceptors (Lipinski definition) is 3.